The number of amides is 1. The van der Waals surface area contributed by atoms with E-state index in [9.17, 15) is 9.18 Å². The van der Waals surface area contributed by atoms with Crippen LogP contribution in [-0.4, -0.2) is 25.3 Å². The van der Waals surface area contributed by atoms with E-state index in [2.05, 4.69) is 15.8 Å². The van der Waals surface area contributed by atoms with Crippen LogP contribution in [0.3, 0.4) is 0 Å². The number of carbonyl (C=O) groups excluding carboxylic acids is 1. The average Bonchev–Trinajstić information content (AvgIpc) is 2.57. The van der Waals surface area contributed by atoms with Gasteiger partial charge in [0.2, 0.25) is 0 Å². The lowest BCUT2D eigenvalue weighted by atomic mass is 10.2. The Morgan fingerprint density at radius 3 is 2.61 bits per heavy atom. The molecule has 2 rings (SSSR count). The zero-order chi connectivity index (χ0) is 16.7. The molecule has 0 aromatic heterocycles. The number of rotatable bonds is 6. The van der Waals surface area contributed by atoms with Crippen molar-refractivity contribution in [3.8, 4) is 5.75 Å². The molecule has 5 nitrogen and oxygen atoms in total. The summed E-state index contributed by atoms with van der Waals surface area (Å²) in [5, 5.41) is 6.92. The smallest absolute Gasteiger partial charge is 0.262 e. The molecule has 0 saturated carbocycles. The van der Waals surface area contributed by atoms with Gasteiger partial charge in [0.1, 0.15) is 17.6 Å². The molecule has 1 unspecified atom stereocenters. The van der Waals surface area contributed by atoms with Gasteiger partial charge in [-0.2, -0.15) is 5.10 Å². The second kappa shape index (κ2) is 7.93. The molecule has 0 aliphatic heterocycles. The topological polar surface area (TPSA) is 62.7 Å². The van der Waals surface area contributed by atoms with Crippen LogP contribution in [0.2, 0.25) is 0 Å². The van der Waals surface area contributed by atoms with Crippen molar-refractivity contribution in [2.75, 3.05) is 12.4 Å². The Hall–Kier alpha value is -2.89. The van der Waals surface area contributed by atoms with Crippen LogP contribution in [0.5, 0.6) is 5.75 Å². The van der Waals surface area contributed by atoms with Gasteiger partial charge >= 0.3 is 0 Å². The minimum absolute atomic E-state index is 0.297. The number of anilines is 1. The number of halogens is 1. The summed E-state index contributed by atoms with van der Waals surface area (Å²) in [4.78, 5) is 12.0. The molecule has 0 spiro atoms. The van der Waals surface area contributed by atoms with Crippen molar-refractivity contribution in [3.05, 3.63) is 59.9 Å². The van der Waals surface area contributed by atoms with Crippen LogP contribution in [0.4, 0.5) is 10.1 Å². The van der Waals surface area contributed by atoms with Gasteiger partial charge in [-0.05, 0) is 36.8 Å². The van der Waals surface area contributed by atoms with Gasteiger partial charge in [0.25, 0.3) is 5.91 Å². The number of hydrazone groups is 1. The first-order valence-electron chi connectivity index (χ1n) is 7.08. The fourth-order valence-corrected chi connectivity index (χ4v) is 1.88. The van der Waals surface area contributed by atoms with Crippen LogP contribution in [0.25, 0.3) is 0 Å². The van der Waals surface area contributed by atoms with E-state index in [-0.39, 0.29) is 11.7 Å². The van der Waals surface area contributed by atoms with Crippen molar-refractivity contribution in [2.45, 2.75) is 13.0 Å². The molecule has 0 fully saturated rings. The fraction of sp³-hybridized carbons (Fsp3) is 0.176. The molecular weight excluding hydrogens is 297 g/mol. The van der Waals surface area contributed by atoms with Crippen molar-refractivity contribution in [3.63, 3.8) is 0 Å². The van der Waals surface area contributed by atoms with Crippen molar-refractivity contribution in [2.24, 2.45) is 5.10 Å². The SMILES string of the molecule is COc1ccccc1NC(C)C(=O)N/N=C/c1ccc(F)cc1. The summed E-state index contributed by atoms with van der Waals surface area (Å²) >= 11 is 0. The number of nitrogens with one attached hydrogen (secondary N) is 2. The summed E-state index contributed by atoms with van der Waals surface area (Å²) in [6, 6.07) is 12.6. The van der Waals surface area contributed by atoms with Gasteiger partial charge in [-0.15, -0.1) is 0 Å². The molecule has 2 aromatic rings. The van der Waals surface area contributed by atoms with Crippen LogP contribution in [0.1, 0.15) is 12.5 Å². The Balaban J connectivity index is 1.91. The fourth-order valence-electron chi connectivity index (χ4n) is 1.88. The third kappa shape index (κ3) is 4.81. The van der Waals surface area contributed by atoms with E-state index in [0.29, 0.717) is 11.3 Å². The molecule has 0 heterocycles. The van der Waals surface area contributed by atoms with E-state index in [1.807, 2.05) is 18.2 Å². The molecule has 0 aliphatic rings. The normalized spacial score (nSPS) is 12.0. The van der Waals surface area contributed by atoms with Gasteiger partial charge in [0.05, 0.1) is 19.0 Å². The highest BCUT2D eigenvalue weighted by Gasteiger charge is 2.13. The maximum Gasteiger partial charge on any atom is 0.262 e. The van der Waals surface area contributed by atoms with Crippen molar-refractivity contribution < 1.29 is 13.9 Å². The zero-order valence-electron chi connectivity index (χ0n) is 12.9. The Morgan fingerprint density at radius 1 is 1.22 bits per heavy atom. The van der Waals surface area contributed by atoms with E-state index in [1.165, 1.54) is 18.3 Å². The third-order valence-corrected chi connectivity index (χ3v) is 3.13. The first kappa shape index (κ1) is 16.5. The molecule has 120 valence electrons. The molecule has 0 radical (unpaired) electrons. The summed E-state index contributed by atoms with van der Waals surface area (Å²) in [5.41, 5.74) is 3.85. The van der Waals surface area contributed by atoms with E-state index >= 15 is 0 Å². The summed E-state index contributed by atoms with van der Waals surface area (Å²) in [5.74, 6) is 0.0389. The summed E-state index contributed by atoms with van der Waals surface area (Å²) in [7, 11) is 1.57. The van der Waals surface area contributed by atoms with Gasteiger partial charge in [-0.25, -0.2) is 9.82 Å². The molecule has 6 heteroatoms. The van der Waals surface area contributed by atoms with E-state index in [1.54, 1.807) is 32.2 Å². The highest BCUT2D eigenvalue weighted by atomic mass is 19.1. The number of benzene rings is 2. The zero-order valence-corrected chi connectivity index (χ0v) is 12.9. The van der Waals surface area contributed by atoms with Crippen LogP contribution in [0.15, 0.2) is 53.6 Å². The van der Waals surface area contributed by atoms with Crippen molar-refractivity contribution in [1.82, 2.24) is 5.43 Å². The molecule has 23 heavy (non-hydrogen) atoms. The van der Waals surface area contributed by atoms with Crippen molar-refractivity contribution in [1.29, 1.82) is 0 Å². The molecule has 2 aromatic carbocycles. The maximum absolute atomic E-state index is 12.8. The van der Waals surface area contributed by atoms with Crippen LogP contribution < -0.4 is 15.5 Å². The first-order valence-corrected chi connectivity index (χ1v) is 7.08. The number of hydrogen-bond donors (Lipinski definition) is 2. The quantitative estimate of drug-likeness (QED) is 0.636. The first-order chi connectivity index (χ1) is 11.1. The summed E-state index contributed by atoms with van der Waals surface area (Å²) < 4.78 is 18.0. The lowest BCUT2D eigenvalue weighted by molar-refractivity contribution is -0.121. The second-order valence-corrected chi connectivity index (χ2v) is 4.85. The lowest BCUT2D eigenvalue weighted by Crippen LogP contribution is -2.35. The number of nitrogens with zero attached hydrogens (tertiary/aromatic N) is 1. The predicted molar refractivity (Wildman–Crippen MR) is 88.2 cm³/mol. The maximum atomic E-state index is 12.8. The standard InChI is InChI=1S/C17H18FN3O2/c1-12(20-15-5-3-4-6-16(15)23-2)17(22)21-19-11-13-7-9-14(18)10-8-13/h3-12,20H,1-2H3,(H,21,22)/b19-11+. The minimum Gasteiger partial charge on any atom is -0.495 e. The predicted octanol–water partition coefficient (Wildman–Crippen LogP) is 2.79. The van der Waals surface area contributed by atoms with Crippen LogP contribution in [0, 0.1) is 5.82 Å². The van der Waals surface area contributed by atoms with Crippen LogP contribution >= 0.6 is 0 Å². The van der Waals surface area contributed by atoms with Crippen molar-refractivity contribution >= 4 is 17.8 Å². The lowest BCUT2D eigenvalue weighted by Gasteiger charge is -2.15. The Labute approximate surface area is 134 Å². The summed E-state index contributed by atoms with van der Waals surface area (Å²) in [6.45, 7) is 1.72. The molecule has 0 saturated heterocycles. The van der Waals surface area contributed by atoms with Gasteiger partial charge in [-0.3, -0.25) is 4.79 Å². The second-order valence-electron chi connectivity index (χ2n) is 4.85. The van der Waals surface area contributed by atoms with Gasteiger partial charge in [-0.1, -0.05) is 24.3 Å². The van der Waals surface area contributed by atoms with Gasteiger partial charge in [0, 0.05) is 0 Å². The molecular formula is C17H18FN3O2. The van der Waals surface area contributed by atoms with Crippen LogP contribution in [-0.2, 0) is 4.79 Å². The highest BCUT2D eigenvalue weighted by Crippen LogP contribution is 2.23. The molecule has 1 amide bonds. The number of carbonyl (C=O) groups is 1. The van der Waals surface area contributed by atoms with E-state index in [4.69, 9.17) is 4.74 Å². The van der Waals surface area contributed by atoms with Gasteiger partial charge < -0.3 is 10.1 Å². The third-order valence-electron chi connectivity index (χ3n) is 3.13. The number of ether oxygens (including phenoxy) is 1. The number of hydrogen-bond acceptors (Lipinski definition) is 4. The average molecular weight is 315 g/mol. The monoisotopic (exact) mass is 315 g/mol. The Morgan fingerprint density at radius 2 is 1.91 bits per heavy atom. The van der Waals surface area contributed by atoms with E-state index in [0.717, 1.165) is 5.69 Å². The summed E-state index contributed by atoms with van der Waals surface area (Å²) in [6.07, 6.45) is 1.45. The minimum atomic E-state index is -0.503. The number of para-hydroxylation sites is 2. The molecule has 2 N–H and O–H groups in total. The largest absolute Gasteiger partial charge is 0.495 e. The molecule has 1 atom stereocenters. The van der Waals surface area contributed by atoms with E-state index < -0.39 is 6.04 Å². The molecule has 0 bridgehead atoms. The Kier molecular flexibility index (Phi) is 5.68. The number of methoxy groups -OCH3 is 1. The Bertz CT molecular complexity index is 686. The van der Waals surface area contributed by atoms with Gasteiger partial charge in [0.15, 0.2) is 0 Å². The highest BCUT2D eigenvalue weighted by molar-refractivity contribution is 5.86. The molecule has 0 aliphatic carbocycles.